The molecule has 0 spiro atoms. The molecule has 1 saturated heterocycles. The van der Waals surface area contributed by atoms with Crippen LogP contribution in [0.15, 0.2) is 97.1 Å². The molecule has 164 valence electrons. The lowest BCUT2D eigenvalue weighted by molar-refractivity contribution is 0.0746. The Hall–Kier alpha value is -4.12. The molecule has 0 atom stereocenters. The minimum absolute atomic E-state index is 0.0631. The zero-order valence-corrected chi connectivity index (χ0v) is 18.3. The third kappa shape index (κ3) is 4.44. The average Bonchev–Trinajstić information content (AvgIpc) is 2.89. The molecule has 0 bridgehead atoms. The van der Waals surface area contributed by atoms with Crippen molar-refractivity contribution in [3.8, 4) is 0 Å². The van der Waals surface area contributed by atoms with Gasteiger partial charge < -0.3 is 15.1 Å². The van der Waals surface area contributed by atoms with Crippen molar-refractivity contribution in [2.45, 2.75) is 0 Å². The number of carbonyl (C=O) groups excluding carboxylic acids is 2. The largest absolute Gasteiger partial charge is 0.366 e. The van der Waals surface area contributed by atoms with Crippen LogP contribution in [0.25, 0.3) is 10.8 Å². The van der Waals surface area contributed by atoms with Gasteiger partial charge >= 0.3 is 0 Å². The van der Waals surface area contributed by atoms with Crippen molar-refractivity contribution in [3.05, 3.63) is 108 Å². The van der Waals surface area contributed by atoms with Gasteiger partial charge in [0.25, 0.3) is 11.8 Å². The predicted octanol–water partition coefficient (Wildman–Crippen LogP) is 5.05. The number of nitrogens with zero attached hydrogens (tertiary/aromatic N) is 2. The Labute approximate surface area is 193 Å². The standard InChI is InChI=1S/C28H25N3O2/c32-27(24-15-14-21-8-4-5-11-23(21)20-24)29-25-12-6-7-13-26(25)30-16-18-31(19-17-30)28(33)22-9-2-1-3-10-22/h1-15,20H,16-19H2,(H,29,32). The number of benzene rings is 4. The van der Waals surface area contributed by atoms with Crippen LogP contribution in [0, 0.1) is 0 Å². The zero-order valence-electron chi connectivity index (χ0n) is 18.3. The molecule has 2 amide bonds. The van der Waals surface area contributed by atoms with Crippen LogP contribution in [-0.2, 0) is 0 Å². The normalized spacial score (nSPS) is 13.7. The molecule has 5 heteroatoms. The summed E-state index contributed by atoms with van der Waals surface area (Å²) in [6.07, 6.45) is 0. The maximum atomic E-state index is 13.0. The Morgan fingerprint density at radius 2 is 1.30 bits per heavy atom. The van der Waals surface area contributed by atoms with Gasteiger partial charge in [-0.05, 0) is 47.2 Å². The van der Waals surface area contributed by atoms with E-state index in [0.29, 0.717) is 37.3 Å². The highest BCUT2D eigenvalue weighted by molar-refractivity contribution is 6.07. The minimum Gasteiger partial charge on any atom is -0.366 e. The van der Waals surface area contributed by atoms with E-state index in [4.69, 9.17) is 0 Å². The van der Waals surface area contributed by atoms with Crippen LogP contribution in [0.3, 0.4) is 0 Å². The highest BCUT2D eigenvalue weighted by atomic mass is 16.2. The zero-order chi connectivity index (χ0) is 22.6. The molecule has 0 unspecified atom stereocenters. The summed E-state index contributed by atoms with van der Waals surface area (Å²) >= 11 is 0. The molecule has 1 aliphatic heterocycles. The average molecular weight is 436 g/mol. The maximum absolute atomic E-state index is 13.0. The van der Waals surface area contributed by atoms with Gasteiger partial charge in [0.05, 0.1) is 11.4 Å². The van der Waals surface area contributed by atoms with Crippen molar-refractivity contribution in [2.24, 2.45) is 0 Å². The van der Waals surface area contributed by atoms with E-state index < -0.39 is 0 Å². The van der Waals surface area contributed by atoms with Gasteiger partial charge in [-0.15, -0.1) is 0 Å². The van der Waals surface area contributed by atoms with Crippen molar-refractivity contribution in [3.63, 3.8) is 0 Å². The van der Waals surface area contributed by atoms with E-state index in [1.165, 1.54) is 0 Å². The minimum atomic E-state index is -0.133. The summed E-state index contributed by atoms with van der Waals surface area (Å²) in [6.45, 7) is 2.70. The van der Waals surface area contributed by atoms with E-state index in [2.05, 4.69) is 10.2 Å². The first kappa shape index (κ1) is 20.8. The molecule has 0 aliphatic carbocycles. The quantitative estimate of drug-likeness (QED) is 0.488. The van der Waals surface area contributed by atoms with Crippen LogP contribution < -0.4 is 10.2 Å². The lowest BCUT2D eigenvalue weighted by atomic mass is 10.1. The van der Waals surface area contributed by atoms with E-state index in [1.54, 1.807) is 0 Å². The molecule has 1 fully saturated rings. The van der Waals surface area contributed by atoms with E-state index in [0.717, 1.165) is 22.1 Å². The monoisotopic (exact) mass is 435 g/mol. The number of amides is 2. The number of fused-ring (bicyclic) bond motifs is 1. The highest BCUT2D eigenvalue weighted by Crippen LogP contribution is 2.28. The molecule has 5 nitrogen and oxygen atoms in total. The number of rotatable bonds is 4. The number of hydrogen-bond acceptors (Lipinski definition) is 3. The first-order valence-electron chi connectivity index (χ1n) is 11.2. The molecular formula is C28H25N3O2. The Kier molecular flexibility index (Phi) is 5.77. The molecule has 1 N–H and O–H groups in total. The van der Waals surface area contributed by atoms with Crippen LogP contribution in [0.4, 0.5) is 11.4 Å². The van der Waals surface area contributed by atoms with Crippen molar-refractivity contribution >= 4 is 34.0 Å². The summed E-state index contributed by atoms with van der Waals surface area (Å²) in [5.74, 6) is -0.0702. The molecule has 33 heavy (non-hydrogen) atoms. The molecule has 0 aromatic heterocycles. The fraction of sp³-hybridized carbons (Fsp3) is 0.143. The topological polar surface area (TPSA) is 52.7 Å². The van der Waals surface area contributed by atoms with Crippen LogP contribution in [0.5, 0.6) is 0 Å². The summed E-state index contributed by atoms with van der Waals surface area (Å²) in [5, 5.41) is 5.24. The van der Waals surface area contributed by atoms with Crippen molar-refractivity contribution in [1.29, 1.82) is 0 Å². The number of carbonyl (C=O) groups is 2. The van der Waals surface area contributed by atoms with Gasteiger partial charge in [0, 0.05) is 37.3 Å². The van der Waals surface area contributed by atoms with E-state index in [9.17, 15) is 9.59 Å². The predicted molar refractivity (Wildman–Crippen MR) is 133 cm³/mol. The molecule has 4 aromatic rings. The van der Waals surface area contributed by atoms with E-state index in [1.807, 2.05) is 102 Å². The van der Waals surface area contributed by atoms with Crippen LogP contribution >= 0.6 is 0 Å². The summed E-state index contributed by atoms with van der Waals surface area (Å²) < 4.78 is 0. The number of hydrogen-bond donors (Lipinski definition) is 1. The van der Waals surface area contributed by atoms with Gasteiger partial charge in [-0.2, -0.15) is 0 Å². The van der Waals surface area contributed by atoms with Gasteiger partial charge in [-0.3, -0.25) is 9.59 Å². The van der Waals surface area contributed by atoms with Crippen molar-refractivity contribution in [1.82, 2.24) is 4.90 Å². The third-order valence-electron chi connectivity index (χ3n) is 6.09. The number of anilines is 2. The van der Waals surface area contributed by atoms with Gasteiger partial charge in [0.1, 0.15) is 0 Å². The lowest BCUT2D eigenvalue weighted by Gasteiger charge is -2.37. The fourth-order valence-electron chi connectivity index (χ4n) is 4.29. The second-order valence-corrected chi connectivity index (χ2v) is 8.18. The molecule has 5 rings (SSSR count). The van der Waals surface area contributed by atoms with Gasteiger partial charge in [-0.25, -0.2) is 0 Å². The molecule has 0 saturated carbocycles. The molecule has 1 heterocycles. The number of nitrogens with one attached hydrogen (secondary N) is 1. The summed E-state index contributed by atoms with van der Waals surface area (Å²) in [5.41, 5.74) is 3.09. The Bertz CT molecular complexity index is 1290. The summed E-state index contributed by atoms with van der Waals surface area (Å²) in [4.78, 5) is 29.9. The molecule has 0 radical (unpaired) electrons. The van der Waals surface area contributed by atoms with E-state index in [-0.39, 0.29) is 11.8 Å². The maximum Gasteiger partial charge on any atom is 0.255 e. The van der Waals surface area contributed by atoms with Crippen molar-refractivity contribution < 1.29 is 9.59 Å². The second kappa shape index (κ2) is 9.17. The Balaban J connectivity index is 1.29. The van der Waals surface area contributed by atoms with Crippen LogP contribution in [0.1, 0.15) is 20.7 Å². The van der Waals surface area contributed by atoms with Crippen LogP contribution in [0.2, 0.25) is 0 Å². The highest BCUT2D eigenvalue weighted by Gasteiger charge is 2.23. The Morgan fingerprint density at radius 1 is 0.636 bits per heavy atom. The smallest absolute Gasteiger partial charge is 0.255 e. The summed E-state index contributed by atoms with van der Waals surface area (Å²) in [7, 11) is 0. The first-order valence-corrected chi connectivity index (χ1v) is 11.2. The van der Waals surface area contributed by atoms with Crippen molar-refractivity contribution in [2.75, 3.05) is 36.4 Å². The van der Waals surface area contributed by atoms with Gasteiger partial charge in [-0.1, -0.05) is 60.7 Å². The second-order valence-electron chi connectivity index (χ2n) is 8.18. The molecular weight excluding hydrogens is 410 g/mol. The SMILES string of the molecule is O=C(Nc1ccccc1N1CCN(C(=O)c2ccccc2)CC1)c1ccc2ccccc2c1. The Morgan fingerprint density at radius 3 is 2.09 bits per heavy atom. The first-order chi connectivity index (χ1) is 16.2. The van der Waals surface area contributed by atoms with Gasteiger partial charge in [0.15, 0.2) is 0 Å². The van der Waals surface area contributed by atoms with Crippen LogP contribution in [-0.4, -0.2) is 42.9 Å². The van der Waals surface area contributed by atoms with E-state index >= 15 is 0 Å². The third-order valence-corrected chi connectivity index (χ3v) is 6.09. The van der Waals surface area contributed by atoms with Gasteiger partial charge in [0.2, 0.25) is 0 Å². The number of piperazine rings is 1. The summed E-state index contributed by atoms with van der Waals surface area (Å²) in [6, 6.07) is 31.0. The lowest BCUT2D eigenvalue weighted by Crippen LogP contribution is -2.49. The molecule has 1 aliphatic rings. The fourth-order valence-corrected chi connectivity index (χ4v) is 4.29. The molecule has 4 aromatic carbocycles. The number of para-hydroxylation sites is 2.